The van der Waals surface area contributed by atoms with Gasteiger partial charge in [-0.25, -0.2) is 8.42 Å². The lowest BCUT2D eigenvalue weighted by Crippen LogP contribution is -2.54. The zero-order valence-electron chi connectivity index (χ0n) is 14.2. The van der Waals surface area contributed by atoms with Gasteiger partial charge in [0, 0.05) is 12.2 Å². The van der Waals surface area contributed by atoms with Crippen LogP contribution < -0.4 is 5.32 Å². The van der Waals surface area contributed by atoms with E-state index in [9.17, 15) is 13.2 Å². The number of fused-ring (bicyclic) bond motifs is 2. The molecule has 2 heterocycles. The Hall–Kier alpha value is -2.44. The molecule has 0 aliphatic carbocycles. The normalized spacial score (nSPS) is 25.9. The summed E-state index contributed by atoms with van der Waals surface area (Å²) in [7, 11) is -3.57. The smallest absolute Gasteiger partial charge is 0.241 e. The molecule has 0 unspecified atom stereocenters. The molecule has 3 atom stereocenters. The highest BCUT2D eigenvalue weighted by Crippen LogP contribution is 2.39. The monoisotopic (exact) mass is 368 g/mol. The first kappa shape index (κ1) is 17.0. The van der Waals surface area contributed by atoms with Gasteiger partial charge in [0.25, 0.3) is 0 Å². The van der Waals surface area contributed by atoms with Crippen LogP contribution in [-0.4, -0.2) is 36.6 Å². The number of amides is 1. The van der Waals surface area contributed by atoms with Crippen molar-refractivity contribution >= 4 is 15.7 Å². The molecule has 1 amide bonds. The van der Waals surface area contributed by atoms with Crippen molar-refractivity contribution in [2.24, 2.45) is 0 Å². The molecular weight excluding hydrogens is 348 g/mol. The molecule has 2 fully saturated rings. The summed E-state index contributed by atoms with van der Waals surface area (Å²) in [6.45, 7) is 4.47. The summed E-state index contributed by atoms with van der Waals surface area (Å²) in [6, 6.07) is 17.3. The van der Waals surface area contributed by atoms with E-state index in [2.05, 4.69) is 11.9 Å². The standard InChI is InChI=1S/C20H20N2O3S/c1-14-19-18(26(24,25)16-10-6-3-7-11-16)12-17(20(23)21-14)22(19)13-15-8-4-2-5-9-15/h2-11,17-19H,1,12-13H2,(H,21,23)/t17-,18+,19-/m0/s1. The van der Waals surface area contributed by atoms with Gasteiger partial charge in [-0.1, -0.05) is 55.1 Å². The SMILES string of the molecule is C=C1NC(=O)[C@@H]2C[C@@H](S(=O)(=O)c3ccccc3)[C@H]1N2Cc1ccccc1. The van der Waals surface area contributed by atoms with Gasteiger partial charge in [0.05, 0.1) is 22.2 Å². The van der Waals surface area contributed by atoms with E-state index in [-0.39, 0.29) is 17.2 Å². The summed E-state index contributed by atoms with van der Waals surface area (Å²) in [6.07, 6.45) is 0.277. The Morgan fingerprint density at radius 2 is 1.65 bits per heavy atom. The highest BCUT2D eigenvalue weighted by atomic mass is 32.2. The molecule has 6 heteroatoms. The number of nitrogens with one attached hydrogen (secondary N) is 1. The lowest BCUT2D eigenvalue weighted by Gasteiger charge is -2.36. The van der Waals surface area contributed by atoms with Crippen molar-refractivity contribution in [1.29, 1.82) is 0 Å². The summed E-state index contributed by atoms with van der Waals surface area (Å²) in [4.78, 5) is 14.7. The van der Waals surface area contributed by atoms with Gasteiger partial charge in [-0.3, -0.25) is 9.69 Å². The molecule has 2 aliphatic rings. The lowest BCUT2D eigenvalue weighted by molar-refractivity contribution is -0.127. The van der Waals surface area contributed by atoms with E-state index in [1.165, 1.54) is 0 Å². The Bertz CT molecular complexity index is 942. The lowest BCUT2D eigenvalue weighted by atomic mass is 10.1. The molecular formula is C20H20N2O3S. The molecule has 2 aliphatic heterocycles. The number of hydrogen-bond donors (Lipinski definition) is 1. The van der Waals surface area contributed by atoms with E-state index >= 15 is 0 Å². The predicted octanol–water partition coefficient (Wildman–Crippen LogP) is 2.12. The average Bonchev–Trinajstić information content (AvgIpc) is 2.96. The Morgan fingerprint density at radius 3 is 2.31 bits per heavy atom. The fourth-order valence-corrected chi connectivity index (χ4v) is 5.96. The van der Waals surface area contributed by atoms with Crippen molar-refractivity contribution in [1.82, 2.24) is 10.2 Å². The fourth-order valence-electron chi connectivity index (χ4n) is 3.97. The van der Waals surface area contributed by atoms with Gasteiger partial charge in [-0.2, -0.15) is 0 Å². The van der Waals surface area contributed by atoms with Crippen LogP contribution in [0, 0.1) is 0 Å². The molecule has 2 saturated heterocycles. The van der Waals surface area contributed by atoms with Gasteiger partial charge in [0.1, 0.15) is 0 Å². The Balaban J connectivity index is 1.72. The van der Waals surface area contributed by atoms with Crippen molar-refractivity contribution in [2.45, 2.75) is 35.2 Å². The Kier molecular flexibility index (Phi) is 4.17. The molecule has 5 nitrogen and oxygen atoms in total. The van der Waals surface area contributed by atoms with Gasteiger partial charge in [-0.05, 0) is 24.1 Å². The van der Waals surface area contributed by atoms with E-state index in [1.54, 1.807) is 30.3 Å². The Morgan fingerprint density at radius 1 is 1.04 bits per heavy atom. The van der Waals surface area contributed by atoms with E-state index in [0.29, 0.717) is 12.2 Å². The fraction of sp³-hybridized carbons (Fsp3) is 0.250. The van der Waals surface area contributed by atoms with Crippen LogP contribution in [0.3, 0.4) is 0 Å². The van der Waals surface area contributed by atoms with Gasteiger partial charge >= 0.3 is 0 Å². The zero-order valence-corrected chi connectivity index (χ0v) is 15.0. The maximum absolute atomic E-state index is 13.2. The zero-order chi connectivity index (χ0) is 18.3. The molecule has 2 bridgehead atoms. The molecule has 0 aromatic heterocycles. The number of carbonyl (C=O) groups is 1. The van der Waals surface area contributed by atoms with Crippen LogP contribution in [0.2, 0.25) is 0 Å². The van der Waals surface area contributed by atoms with E-state index in [4.69, 9.17) is 0 Å². The van der Waals surface area contributed by atoms with Crippen LogP contribution in [0.5, 0.6) is 0 Å². The van der Waals surface area contributed by atoms with Crippen LogP contribution >= 0.6 is 0 Å². The third kappa shape index (κ3) is 2.75. The minimum Gasteiger partial charge on any atom is -0.327 e. The maximum atomic E-state index is 13.2. The largest absolute Gasteiger partial charge is 0.327 e. The molecule has 0 radical (unpaired) electrons. The average molecular weight is 368 g/mol. The van der Waals surface area contributed by atoms with Crippen molar-refractivity contribution in [2.75, 3.05) is 0 Å². The van der Waals surface area contributed by atoms with Crippen LogP contribution in [-0.2, 0) is 21.2 Å². The highest BCUT2D eigenvalue weighted by Gasteiger charge is 2.54. The number of hydrogen-bond acceptors (Lipinski definition) is 4. The number of piperazine rings is 1. The molecule has 4 rings (SSSR count). The van der Waals surface area contributed by atoms with Crippen LogP contribution in [0.4, 0.5) is 0 Å². The minimum atomic E-state index is -3.57. The van der Waals surface area contributed by atoms with Crippen molar-refractivity contribution in [3.05, 3.63) is 78.5 Å². The second-order valence-corrected chi connectivity index (χ2v) is 8.93. The first-order valence-electron chi connectivity index (χ1n) is 8.57. The first-order valence-corrected chi connectivity index (χ1v) is 10.1. The molecule has 26 heavy (non-hydrogen) atoms. The van der Waals surface area contributed by atoms with Crippen LogP contribution in [0.1, 0.15) is 12.0 Å². The van der Waals surface area contributed by atoms with Gasteiger partial charge < -0.3 is 5.32 Å². The third-order valence-electron chi connectivity index (χ3n) is 5.19. The highest BCUT2D eigenvalue weighted by molar-refractivity contribution is 7.92. The molecule has 2 aromatic rings. The molecule has 0 spiro atoms. The predicted molar refractivity (Wildman–Crippen MR) is 98.9 cm³/mol. The molecule has 0 saturated carbocycles. The third-order valence-corrected chi connectivity index (χ3v) is 7.36. The summed E-state index contributed by atoms with van der Waals surface area (Å²) in [5.41, 5.74) is 1.51. The first-order chi connectivity index (χ1) is 12.5. The van der Waals surface area contributed by atoms with Gasteiger partial charge in [0.2, 0.25) is 5.91 Å². The molecule has 134 valence electrons. The van der Waals surface area contributed by atoms with Crippen LogP contribution in [0.25, 0.3) is 0 Å². The minimum absolute atomic E-state index is 0.173. The van der Waals surface area contributed by atoms with E-state index < -0.39 is 27.2 Å². The van der Waals surface area contributed by atoms with E-state index in [1.807, 2.05) is 35.2 Å². The number of carbonyl (C=O) groups excluding carboxylic acids is 1. The summed E-state index contributed by atoms with van der Waals surface area (Å²) in [5.74, 6) is -0.173. The van der Waals surface area contributed by atoms with Crippen molar-refractivity contribution in [3.63, 3.8) is 0 Å². The molecule has 1 N–H and O–H groups in total. The van der Waals surface area contributed by atoms with Crippen molar-refractivity contribution < 1.29 is 13.2 Å². The molecule has 2 aromatic carbocycles. The quantitative estimate of drug-likeness (QED) is 0.898. The number of rotatable bonds is 4. The summed E-state index contributed by atoms with van der Waals surface area (Å²) < 4.78 is 26.4. The maximum Gasteiger partial charge on any atom is 0.241 e. The number of nitrogens with zero attached hydrogens (tertiary/aromatic N) is 1. The summed E-state index contributed by atoms with van der Waals surface area (Å²) >= 11 is 0. The Labute approximate surface area is 153 Å². The number of benzene rings is 2. The van der Waals surface area contributed by atoms with Gasteiger partial charge in [0.15, 0.2) is 9.84 Å². The van der Waals surface area contributed by atoms with Gasteiger partial charge in [-0.15, -0.1) is 0 Å². The second kappa shape index (κ2) is 6.37. The second-order valence-electron chi connectivity index (χ2n) is 6.77. The number of sulfone groups is 1. The van der Waals surface area contributed by atoms with Crippen molar-refractivity contribution in [3.8, 4) is 0 Å². The van der Waals surface area contributed by atoms with Crippen LogP contribution in [0.15, 0.2) is 77.8 Å². The topological polar surface area (TPSA) is 66.5 Å². The summed E-state index contributed by atoms with van der Waals surface area (Å²) in [5, 5.41) is 2.08. The van der Waals surface area contributed by atoms with E-state index in [0.717, 1.165) is 5.56 Å².